The van der Waals surface area contributed by atoms with Crippen LogP contribution in [0.5, 0.6) is 0 Å². The van der Waals surface area contributed by atoms with Gasteiger partial charge in [-0.05, 0) is 37.5 Å². The lowest BCUT2D eigenvalue weighted by Crippen LogP contribution is -2.31. The quantitative estimate of drug-likeness (QED) is 0.782. The Hall–Kier alpha value is -0.570. The Balaban J connectivity index is 2.38. The minimum atomic E-state index is -0.878. The molecule has 15 heavy (non-hydrogen) atoms. The van der Waals surface area contributed by atoms with Gasteiger partial charge in [0.05, 0.1) is 6.10 Å². The summed E-state index contributed by atoms with van der Waals surface area (Å²) in [6.07, 6.45) is 4.90. The molecule has 0 spiro atoms. The summed E-state index contributed by atoms with van der Waals surface area (Å²) in [7, 11) is 0. The zero-order valence-electron chi connectivity index (χ0n) is 9.95. The molecular weight excluding hydrogens is 192 g/mol. The van der Waals surface area contributed by atoms with Gasteiger partial charge in [0, 0.05) is 0 Å². The third kappa shape index (κ3) is 4.20. The third-order valence-electron chi connectivity index (χ3n) is 3.38. The Morgan fingerprint density at radius 3 is 2.80 bits per heavy atom. The molecular formula is C12H22O3. The number of carboxylic acid groups (broad SMARTS) is 1. The highest BCUT2D eigenvalue weighted by Crippen LogP contribution is 2.40. The molecule has 1 saturated carbocycles. The molecule has 0 heterocycles. The van der Waals surface area contributed by atoms with E-state index in [1.807, 2.05) is 6.92 Å². The highest BCUT2D eigenvalue weighted by Gasteiger charge is 2.31. The topological polar surface area (TPSA) is 46.5 Å². The zero-order valence-corrected chi connectivity index (χ0v) is 9.95. The van der Waals surface area contributed by atoms with Crippen molar-refractivity contribution in [3.8, 4) is 0 Å². The van der Waals surface area contributed by atoms with E-state index < -0.39 is 5.97 Å². The van der Waals surface area contributed by atoms with Crippen LogP contribution in [-0.4, -0.2) is 23.8 Å². The molecule has 1 fully saturated rings. The average molecular weight is 214 g/mol. The summed E-state index contributed by atoms with van der Waals surface area (Å²) in [5, 5.41) is 8.54. The molecule has 0 bridgehead atoms. The molecule has 88 valence electrons. The van der Waals surface area contributed by atoms with Gasteiger partial charge in [-0.15, -0.1) is 0 Å². The molecule has 1 rings (SSSR count). The number of carboxylic acids is 1. The first-order valence-electron chi connectivity index (χ1n) is 5.74. The highest BCUT2D eigenvalue weighted by atomic mass is 16.5. The predicted octanol–water partition coefficient (Wildman–Crippen LogP) is 2.69. The fourth-order valence-electron chi connectivity index (χ4n) is 2.50. The molecule has 3 nitrogen and oxygen atoms in total. The van der Waals surface area contributed by atoms with E-state index in [0.29, 0.717) is 11.3 Å². The van der Waals surface area contributed by atoms with Gasteiger partial charge in [0.15, 0.2) is 0 Å². The Morgan fingerprint density at radius 1 is 1.60 bits per heavy atom. The van der Waals surface area contributed by atoms with Crippen LogP contribution < -0.4 is 0 Å². The van der Waals surface area contributed by atoms with Crippen LogP contribution in [0.1, 0.15) is 46.5 Å². The van der Waals surface area contributed by atoms with E-state index in [-0.39, 0.29) is 12.7 Å². The largest absolute Gasteiger partial charge is 0.480 e. The summed E-state index contributed by atoms with van der Waals surface area (Å²) in [6, 6.07) is 0. The number of aliphatic carboxylic acids is 1. The van der Waals surface area contributed by atoms with Crippen molar-refractivity contribution in [2.75, 3.05) is 6.61 Å². The van der Waals surface area contributed by atoms with Gasteiger partial charge in [-0.2, -0.15) is 0 Å². The van der Waals surface area contributed by atoms with Crippen molar-refractivity contribution in [1.82, 2.24) is 0 Å². The van der Waals surface area contributed by atoms with Crippen LogP contribution >= 0.6 is 0 Å². The minimum absolute atomic E-state index is 0.0701. The van der Waals surface area contributed by atoms with Crippen LogP contribution in [0.25, 0.3) is 0 Å². The van der Waals surface area contributed by atoms with Gasteiger partial charge in [0.2, 0.25) is 0 Å². The van der Waals surface area contributed by atoms with Crippen molar-refractivity contribution in [3.63, 3.8) is 0 Å². The second kappa shape index (κ2) is 4.97. The van der Waals surface area contributed by atoms with Crippen LogP contribution in [0.2, 0.25) is 0 Å². The molecule has 0 aliphatic heterocycles. The lowest BCUT2D eigenvalue weighted by atomic mass is 9.71. The highest BCUT2D eigenvalue weighted by molar-refractivity contribution is 5.68. The molecule has 0 unspecified atom stereocenters. The van der Waals surface area contributed by atoms with E-state index in [1.165, 1.54) is 19.3 Å². The van der Waals surface area contributed by atoms with Gasteiger partial charge in [0.1, 0.15) is 6.61 Å². The second-order valence-electron chi connectivity index (χ2n) is 5.43. The van der Waals surface area contributed by atoms with Crippen molar-refractivity contribution in [1.29, 1.82) is 0 Å². The Kier molecular flexibility index (Phi) is 4.14. The molecule has 0 saturated heterocycles. The van der Waals surface area contributed by atoms with Gasteiger partial charge in [0.25, 0.3) is 0 Å². The van der Waals surface area contributed by atoms with Crippen LogP contribution in [0, 0.1) is 11.3 Å². The maximum absolute atomic E-state index is 10.4. The van der Waals surface area contributed by atoms with Crippen LogP contribution in [0.15, 0.2) is 0 Å². The first-order valence-corrected chi connectivity index (χ1v) is 5.74. The number of ether oxygens (including phenoxy) is 1. The van der Waals surface area contributed by atoms with Gasteiger partial charge in [-0.1, -0.05) is 20.3 Å². The summed E-state index contributed by atoms with van der Waals surface area (Å²) >= 11 is 0. The molecule has 0 amide bonds. The molecule has 2 atom stereocenters. The maximum Gasteiger partial charge on any atom is 0.329 e. The number of hydrogen-bond acceptors (Lipinski definition) is 2. The first kappa shape index (κ1) is 12.5. The van der Waals surface area contributed by atoms with E-state index in [1.54, 1.807) is 0 Å². The van der Waals surface area contributed by atoms with Crippen LogP contribution in [0.4, 0.5) is 0 Å². The monoisotopic (exact) mass is 214 g/mol. The molecule has 1 N–H and O–H groups in total. The SMILES string of the molecule is C[C@H](OCC(=O)O)[C@H]1CCCC(C)(C)C1. The fraction of sp³-hybridized carbons (Fsp3) is 0.917. The third-order valence-corrected chi connectivity index (χ3v) is 3.38. The molecule has 1 aliphatic carbocycles. The first-order chi connectivity index (χ1) is 6.91. The molecule has 1 aliphatic rings. The smallest absolute Gasteiger partial charge is 0.329 e. The van der Waals surface area contributed by atoms with Crippen molar-refractivity contribution in [2.45, 2.75) is 52.6 Å². The van der Waals surface area contributed by atoms with E-state index in [0.717, 1.165) is 6.42 Å². The second-order valence-corrected chi connectivity index (χ2v) is 5.43. The average Bonchev–Trinajstić information content (AvgIpc) is 2.12. The summed E-state index contributed by atoms with van der Waals surface area (Å²) < 4.78 is 5.34. The zero-order chi connectivity index (χ0) is 11.5. The Morgan fingerprint density at radius 2 is 2.27 bits per heavy atom. The van der Waals surface area contributed by atoms with Gasteiger partial charge >= 0.3 is 5.97 Å². The summed E-state index contributed by atoms with van der Waals surface area (Å²) in [5.41, 5.74) is 0.393. The van der Waals surface area contributed by atoms with Gasteiger partial charge < -0.3 is 9.84 Å². The normalized spacial score (nSPS) is 27.3. The van der Waals surface area contributed by atoms with Crippen molar-refractivity contribution < 1.29 is 14.6 Å². The van der Waals surface area contributed by atoms with E-state index >= 15 is 0 Å². The number of rotatable bonds is 4. The Labute approximate surface area is 91.8 Å². The van der Waals surface area contributed by atoms with E-state index in [2.05, 4.69) is 13.8 Å². The Bertz CT molecular complexity index is 223. The maximum atomic E-state index is 10.4. The van der Waals surface area contributed by atoms with Crippen molar-refractivity contribution in [3.05, 3.63) is 0 Å². The summed E-state index contributed by atoms with van der Waals surface area (Å²) in [4.78, 5) is 10.4. The molecule has 0 aromatic heterocycles. The van der Waals surface area contributed by atoms with E-state index in [9.17, 15) is 4.79 Å². The summed E-state index contributed by atoms with van der Waals surface area (Å²) in [5.74, 6) is -0.356. The molecule has 3 heteroatoms. The van der Waals surface area contributed by atoms with Crippen LogP contribution in [-0.2, 0) is 9.53 Å². The minimum Gasteiger partial charge on any atom is -0.480 e. The van der Waals surface area contributed by atoms with Gasteiger partial charge in [-0.3, -0.25) is 0 Å². The fourth-order valence-corrected chi connectivity index (χ4v) is 2.50. The van der Waals surface area contributed by atoms with Gasteiger partial charge in [-0.25, -0.2) is 4.79 Å². The molecule has 0 aromatic rings. The molecule has 0 aromatic carbocycles. The number of hydrogen-bond donors (Lipinski definition) is 1. The number of carbonyl (C=O) groups is 1. The lowest BCUT2D eigenvalue weighted by Gasteiger charge is -2.37. The van der Waals surface area contributed by atoms with E-state index in [4.69, 9.17) is 9.84 Å². The predicted molar refractivity (Wildman–Crippen MR) is 58.8 cm³/mol. The summed E-state index contributed by atoms with van der Waals surface area (Å²) in [6.45, 7) is 6.39. The standard InChI is InChI=1S/C12H22O3/c1-9(15-8-11(13)14)10-5-4-6-12(2,3)7-10/h9-10H,4-8H2,1-3H3,(H,13,14)/t9-,10-/m0/s1. The van der Waals surface area contributed by atoms with Crippen molar-refractivity contribution in [2.24, 2.45) is 11.3 Å². The van der Waals surface area contributed by atoms with Crippen molar-refractivity contribution >= 4 is 5.97 Å². The molecule has 0 radical (unpaired) electrons. The van der Waals surface area contributed by atoms with Crippen LogP contribution in [0.3, 0.4) is 0 Å². The lowest BCUT2D eigenvalue weighted by molar-refractivity contribution is -0.145.